The third kappa shape index (κ3) is 2.34. The van der Waals surface area contributed by atoms with E-state index in [-0.39, 0.29) is 23.0 Å². The number of halogens is 1. The Morgan fingerprint density at radius 2 is 1.90 bits per heavy atom. The Kier molecular flexibility index (Phi) is 3.31. The van der Waals surface area contributed by atoms with Crippen LogP contribution in [0.2, 0.25) is 0 Å². The minimum atomic E-state index is -0.497. The van der Waals surface area contributed by atoms with Crippen LogP contribution in [0.25, 0.3) is 0 Å². The molecule has 4 nitrogen and oxygen atoms in total. The summed E-state index contributed by atoms with van der Waals surface area (Å²) >= 11 is 4.95. The molecule has 1 amide bonds. The van der Waals surface area contributed by atoms with Gasteiger partial charge in [-0.15, -0.1) is 0 Å². The average Bonchev–Trinajstić information content (AvgIpc) is 2.45. The second kappa shape index (κ2) is 5.14. The van der Waals surface area contributed by atoms with Crippen molar-refractivity contribution in [2.24, 2.45) is 5.73 Å². The molecule has 0 aliphatic carbocycles. The van der Waals surface area contributed by atoms with Crippen LogP contribution in [0.1, 0.15) is 5.56 Å². The van der Waals surface area contributed by atoms with Gasteiger partial charge in [-0.1, -0.05) is 30.4 Å². The van der Waals surface area contributed by atoms with E-state index in [0.29, 0.717) is 11.4 Å². The predicted molar refractivity (Wildman–Crippen MR) is 84.4 cm³/mol. The van der Waals surface area contributed by atoms with Crippen molar-refractivity contribution >= 4 is 40.2 Å². The SMILES string of the molecule is NC(=S)c1c(F)cccc1N1CC(=O)Nc2ccccc21. The van der Waals surface area contributed by atoms with Crippen LogP contribution in [0.3, 0.4) is 0 Å². The summed E-state index contributed by atoms with van der Waals surface area (Å²) in [6.45, 7) is 0.0794. The van der Waals surface area contributed by atoms with Crippen molar-refractivity contribution in [2.45, 2.75) is 0 Å². The van der Waals surface area contributed by atoms with E-state index < -0.39 is 5.82 Å². The molecule has 0 fully saturated rings. The summed E-state index contributed by atoms with van der Waals surface area (Å²) in [5.41, 5.74) is 7.73. The Morgan fingerprint density at radius 3 is 2.67 bits per heavy atom. The number of nitrogens with one attached hydrogen (secondary N) is 1. The Labute approximate surface area is 126 Å². The molecule has 0 atom stereocenters. The maximum absolute atomic E-state index is 14.0. The highest BCUT2D eigenvalue weighted by atomic mass is 32.1. The topological polar surface area (TPSA) is 58.4 Å². The average molecular weight is 301 g/mol. The molecule has 21 heavy (non-hydrogen) atoms. The van der Waals surface area contributed by atoms with Gasteiger partial charge in [-0.05, 0) is 24.3 Å². The van der Waals surface area contributed by atoms with Gasteiger partial charge in [-0.25, -0.2) is 4.39 Å². The fourth-order valence-corrected chi connectivity index (χ4v) is 2.63. The van der Waals surface area contributed by atoms with Gasteiger partial charge in [-0.3, -0.25) is 4.79 Å². The number of thiocarbonyl (C=S) groups is 1. The maximum Gasteiger partial charge on any atom is 0.244 e. The van der Waals surface area contributed by atoms with Gasteiger partial charge in [0.05, 0.1) is 22.6 Å². The summed E-state index contributed by atoms with van der Waals surface area (Å²) < 4.78 is 14.0. The molecular formula is C15H12FN3OS. The fraction of sp³-hybridized carbons (Fsp3) is 0.0667. The van der Waals surface area contributed by atoms with Crippen LogP contribution in [0.5, 0.6) is 0 Å². The number of carbonyl (C=O) groups is 1. The lowest BCUT2D eigenvalue weighted by Crippen LogP contribution is -2.36. The number of nitrogens with two attached hydrogens (primary N) is 1. The molecule has 3 N–H and O–H groups in total. The number of nitrogens with zero attached hydrogens (tertiary/aromatic N) is 1. The van der Waals surface area contributed by atoms with Crippen molar-refractivity contribution in [1.29, 1.82) is 0 Å². The van der Waals surface area contributed by atoms with E-state index in [1.807, 2.05) is 18.2 Å². The number of fused-ring (bicyclic) bond motifs is 1. The zero-order valence-electron chi connectivity index (χ0n) is 11.0. The number of hydrogen-bond acceptors (Lipinski definition) is 3. The van der Waals surface area contributed by atoms with Crippen molar-refractivity contribution < 1.29 is 9.18 Å². The first-order chi connectivity index (χ1) is 10.1. The van der Waals surface area contributed by atoms with Crippen molar-refractivity contribution in [2.75, 3.05) is 16.8 Å². The van der Waals surface area contributed by atoms with Crippen LogP contribution in [-0.4, -0.2) is 17.4 Å². The molecule has 2 aromatic rings. The second-order valence-electron chi connectivity index (χ2n) is 4.65. The summed E-state index contributed by atoms with van der Waals surface area (Å²) in [7, 11) is 0. The van der Waals surface area contributed by atoms with E-state index in [2.05, 4.69) is 5.32 Å². The number of anilines is 3. The zero-order chi connectivity index (χ0) is 15.0. The molecule has 2 aromatic carbocycles. The van der Waals surface area contributed by atoms with Crippen LogP contribution in [0.4, 0.5) is 21.5 Å². The number of carbonyl (C=O) groups excluding carboxylic acids is 1. The van der Waals surface area contributed by atoms with Crippen LogP contribution < -0.4 is 16.0 Å². The first-order valence-corrected chi connectivity index (χ1v) is 6.73. The number of rotatable bonds is 2. The molecule has 0 saturated carbocycles. The highest BCUT2D eigenvalue weighted by Gasteiger charge is 2.26. The van der Waals surface area contributed by atoms with Gasteiger partial charge >= 0.3 is 0 Å². The molecule has 0 aromatic heterocycles. The smallest absolute Gasteiger partial charge is 0.244 e. The van der Waals surface area contributed by atoms with Gasteiger partial charge in [0, 0.05) is 0 Å². The van der Waals surface area contributed by atoms with Crippen LogP contribution in [-0.2, 0) is 4.79 Å². The van der Waals surface area contributed by atoms with E-state index in [0.717, 1.165) is 5.69 Å². The predicted octanol–water partition coefficient (Wildman–Crippen LogP) is 2.55. The summed E-state index contributed by atoms with van der Waals surface area (Å²) in [5, 5.41) is 2.78. The highest BCUT2D eigenvalue weighted by Crippen LogP contribution is 2.36. The minimum absolute atomic E-state index is 0.0356. The Bertz CT molecular complexity index is 747. The number of amides is 1. The largest absolute Gasteiger partial charge is 0.389 e. The molecule has 1 aliphatic heterocycles. The molecular weight excluding hydrogens is 289 g/mol. The minimum Gasteiger partial charge on any atom is -0.389 e. The lowest BCUT2D eigenvalue weighted by atomic mass is 10.1. The van der Waals surface area contributed by atoms with Crippen LogP contribution in [0, 0.1) is 5.82 Å². The standard InChI is InChI=1S/C15H12FN3OS/c16-9-4-3-7-12(14(9)15(17)21)19-8-13(20)18-10-5-1-2-6-11(10)19/h1-7H,8H2,(H2,17,21)(H,18,20). The Balaban J connectivity index is 2.20. The third-order valence-corrected chi connectivity index (χ3v) is 3.50. The van der Waals surface area contributed by atoms with E-state index in [9.17, 15) is 9.18 Å². The first-order valence-electron chi connectivity index (χ1n) is 6.32. The molecule has 0 radical (unpaired) electrons. The Hall–Kier alpha value is -2.47. The summed E-state index contributed by atoms with van der Waals surface area (Å²) in [4.78, 5) is 13.5. The quantitative estimate of drug-likeness (QED) is 0.837. The molecule has 1 heterocycles. The van der Waals surface area contributed by atoms with Crippen molar-refractivity contribution in [3.63, 3.8) is 0 Å². The molecule has 106 valence electrons. The number of hydrogen-bond donors (Lipinski definition) is 2. The molecule has 3 rings (SSSR count). The van der Waals surface area contributed by atoms with E-state index >= 15 is 0 Å². The summed E-state index contributed by atoms with van der Waals surface area (Å²) in [6, 6.07) is 11.9. The van der Waals surface area contributed by atoms with Gasteiger partial charge in [0.25, 0.3) is 0 Å². The van der Waals surface area contributed by atoms with Gasteiger partial charge in [0.1, 0.15) is 17.4 Å². The lowest BCUT2D eigenvalue weighted by molar-refractivity contribution is -0.115. The maximum atomic E-state index is 14.0. The zero-order valence-corrected chi connectivity index (χ0v) is 11.8. The Morgan fingerprint density at radius 1 is 1.19 bits per heavy atom. The van der Waals surface area contributed by atoms with Gasteiger partial charge < -0.3 is 16.0 Å². The van der Waals surface area contributed by atoms with Crippen molar-refractivity contribution in [3.8, 4) is 0 Å². The first kappa shape index (κ1) is 13.5. The van der Waals surface area contributed by atoms with E-state index in [1.165, 1.54) is 6.07 Å². The monoisotopic (exact) mass is 301 g/mol. The molecule has 0 unspecified atom stereocenters. The van der Waals surface area contributed by atoms with Crippen molar-refractivity contribution in [1.82, 2.24) is 0 Å². The van der Waals surface area contributed by atoms with Gasteiger partial charge in [0.2, 0.25) is 5.91 Å². The molecule has 0 spiro atoms. The van der Waals surface area contributed by atoms with E-state index in [4.69, 9.17) is 18.0 Å². The van der Waals surface area contributed by atoms with Crippen LogP contribution in [0.15, 0.2) is 42.5 Å². The van der Waals surface area contributed by atoms with Crippen LogP contribution >= 0.6 is 12.2 Å². The normalized spacial score (nSPS) is 13.6. The molecule has 1 aliphatic rings. The fourth-order valence-electron chi connectivity index (χ4n) is 2.43. The number of benzene rings is 2. The highest BCUT2D eigenvalue weighted by molar-refractivity contribution is 7.80. The van der Waals surface area contributed by atoms with Gasteiger partial charge in [0.15, 0.2) is 0 Å². The molecule has 0 bridgehead atoms. The van der Waals surface area contributed by atoms with Gasteiger partial charge in [-0.2, -0.15) is 0 Å². The molecule has 6 heteroatoms. The third-order valence-electron chi connectivity index (χ3n) is 3.30. The van der Waals surface area contributed by atoms with E-state index in [1.54, 1.807) is 23.1 Å². The second-order valence-corrected chi connectivity index (χ2v) is 5.09. The summed E-state index contributed by atoms with van der Waals surface area (Å²) in [6.07, 6.45) is 0. The molecule has 0 saturated heterocycles. The lowest BCUT2D eigenvalue weighted by Gasteiger charge is -2.32. The number of para-hydroxylation sites is 2. The summed E-state index contributed by atoms with van der Waals surface area (Å²) in [5.74, 6) is -0.671. The van der Waals surface area contributed by atoms with Crippen molar-refractivity contribution in [3.05, 3.63) is 53.8 Å².